The minimum Gasteiger partial charge on any atom is -0.478 e. The van der Waals surface area contributed by atoms with Crippen LogP contribution in [-0.4, -0.2) is 28.6 Å². The van der Waals surface area contributed by atoms with Crippen LogP contribution in [0.3, 0.4) is 0 Å². The van der Waals surface area contributed by atoms with Crippen molar-refractivity contribution in [3.8, 4) is 11.1 Å². The summed E-state index contributed by atoms with van der Waals surface area (Å²) >= 11 is 0. The third kappa shape index (κ3) is 3.02. The summed E-state index contributed by atoms with van der Waals surface area (Å²) in [6.45, 7) is 3.32. The van der Waals surface area contributed by atoms with Gasteiger partial charge in [0.2, 0.25) is 0 Å². The summed E-state index contributed by atoms with van der Waals surface area (Å²) in [5.41, 5.74) is 10.8. The highest BCUT2D eigenvalue weighted by molar-refractivity contribution is 6.00. The number of ether oxygens (including phenoxy) is 1. The van der Waals surface area contributed by atoms with Crippen molar-refractivity contribution in [1.29, 1.82) is 0 Å². The molecule has 29 heavy (non-hydrogen) atoms. The largest absolute Gasteiger partial charge is 0.478 e. The van der Waals surface area contributed by atoms with Gasteiger partial charge in [0.15, 0.2) is 0 Å². The van der Waals surface area contributed by atoms with Crippen LogP contribution in [0.4, 0.5) is 5.82 Å². The zero-order valence-corrected chi connectivity index (χ0v) is 16.1. The zero-order chi connectivity index (χ0) is 20.7. The van der Waals surface area contributed by atoms with Crippen LogP contribution in [0.15, 0.2) is 48.5 Å². The SMILES string of the molecule is Cc1nc(N)c(C(=O)O)c(C)c1C(=O)OCC1c2ccccc2-c2ccccc21. The number of benzene rings is 2. The number of anilines is 1. The maximum atomic E-state index is 12.9. The highest BCUT2D eigenvalue weighted by atomic mass is 16.5. The van der Waals surface area contributed by atoms with Gasteiger partial charge in [-0.15, -0.1) is 0 Å². The lowest BCUT2D eigenvalue weighted by molar-refractivity contribution is 0.0491. The number of fused-ring (bicyclic) bond motifs is 3. The van der Waals surface area contributed by atoms with E-state index in [-0.39, 0.29) is 35.0 Å². The van der Waals surface area contributed by atoms with Crippen LogP contribution in [0.2, 0.25) is 0 Å². The minimum absolute atomic E-state index is 0.0763. The van der Waals surface area contributed by atoms with Gasteiger partial charge in [0, 0.05) is 5.92 Å². The first-order chi connectivity index (χ1) is 13.9. The summed E-state index contributed by atoms with van der Waals surface area (Å²) in [7, 11) is 0. The van der Waals surface area contributed by atoms with Gasteiger partial charge in [-0.25, -0.2) is 14.6 Å². The molecule has 0 aliphatic heterocycles. The normalized spacial score (nSPS) is 12.3. The van der Waals surface area contributed by atoms with Gasteiger partial charge in [0.05, 0.1) is 11.3 Å². The number of hydrogen-bond donors (Lipinski definition) is 2. The molecule has 1 aromatic heterocycles. The molecule has 0 fully saturated rings. The number of nitrogens with zero attached hydrogens (tertiary/aromatic N) is 1. The molecule has 4 rings (SSSR count). The summed E-state index contributed by atoms with van der Waals surface area (Å²) in [6.07, 6.45) is 0. The molecule has 1 aliphatic carbocycles. The number of nitrogen functional groups attached to an aromatic ring is 1. The zero-order valence-electron chi connectivity index (χ0n) is 16.1. The topological polar surface area (TPSA) is 103 Å². The molecule has 0 radical (unpaired) electrons. The Kier molecular flexibility index (Phi) is 4.54. The number of aryl methyl sites for hydroxylation is 1. The van der Waals surface area contributed by atoms with E-state index in [9.17, 15) is 14.7 Å². The molecule has 0 saturated carbocycles. The number of pyridine rings is 1. The summed E-state index contributed by atoms with van der Waals surface area (Å²) in [4.78, 5) is 28.4. The fourth-order valence-corrected chi connectivity index (χ4v) is 4.12. The van der Waals surface area contributed by atoms with Crippen LogP contribution in [0.1, 0.15) is 49.0 Å². The molecular weight excluding hydrogens is 368 g/mol. The van der Waals surface area contributed by atoms with Gasteiger partial charge in [0.1, 0.15) is 18.0 Å². The van der Waals surface area contributed by atoms with Gasteiger partial charge in [-0.2, -0.15) is 0 Å². The highest BCUT2D eigenvalue weighted by Crippen LogP contribution is 2.44. The Morgan fingerprint density at radius 2 is 1.55 bits per heavy atom. The summed E-state index contributed by atoms with van der Waals surface area (Å²) in [6, 6.07) is 16.1. The minimum atomic E-state index is -1.22. The van der Waals surface area contributed by atoms with Crippen molar-refractivity contribution in [2.75, 3.05) is 12.3 Å². The summed E-state index contributed by atoms with van der Waals surface area (Å²) in [5.74, 6) is -2.01. The first kappa shape index (κ1) is 18.7. The third-order valence-corrected chi connectivity index (χ3v) is 5.42. The Balaban J connectivity index is 1.65. The number of rotatable bonds is 4. The van der Waals surface area contributed by atoms with Crippen LogP contribution in [-0.2, 0) is 4.74 Å². The van der Waals surface area contributed by atoms with Crippen molar-refractivity contribution in [2.24, 2.45) is 0 Å². The van der Waals surface area contributed by atoms with E-state index in [0.29, 0.717) is 5.69 Å². The Bertz CT molecular complexity index is 1110. The number of carbonyl (C=O) groups is 2. The summed E-state index contributed by atoms with van der Waals surface area (Å²) < 4.78 is 5.65. The Labute approximate surface area is 168 Å². The average Bonchev–Trinajstić information content (AvgIpc) is 2.99. The molecule has 0 unspecified atom stereocenters. The number of aromatic carboxylic acids is 1. The van der Waals surface area contributed by atoms with Crippen LogP contribution < -0.4 is 5.73 Å². The fraction of sp³-hybridized carbons (Fsp3) is 0.174. The second kappa shape index (κ2) is 7.05. The summed E-state index contributed by atoms with van der Waals surface area (Å²) in [5, 5.41) is 9.39. The molecule has 2 aromatic carbocycles. The molecule has 0 saturated heterocycles. The van der Waals surface area contributed by atoms with Gasteiger partial charge in [-0.05, 0) is 41.7 Å². The molecular formula is C23H20N2O4. The van der Waals surface area contributed by atoms with Gasteiger partial charge < -0.3 is 15.6 Å². The van der Waals surface area contributed by atoms with Crippen molar-refractivity contribution in [1.82, 2.24) is 4.98 Å². The lowest BCUT2D eigenvalue weighted by Crippen LogP contribution is -2.18. The molecule has 3 N–H and O–H groups in total. The maximum Gasteiger partial charge on any atom is 0.340 e. The quantitative estimate of drug-likeness (QED) is 0.656. The van der Waals surface area contributed by atoms with E-state index in [1.807, 2.05) is 36.4 Å². The molecule has 0 atom stereocenters. The number of carboxylic acid groups (broad SMARTS) is 1. The standard InChI is InChI=1S/C23H20N2O4/c1-12-19(13(2)25-21(24)20(12)22(26)27)23(28)29-11-18-16-9-5-3-7-14(16)15-8-4-6-10-17(15)18/h3-10,18H,11H2,1-2H3,(H2,24,25)(H,26,27). The van der Waals surface area contributed by atoms with Gasteiger partial charge in [-0.3, -0.25) is 0 Å². The number of aromatic nitrogens is 1. The van der Waals surface area contributed by atoms with E-state index in [2.05, 4.69) is 17.1 Å². The molecule has 6 nitrogen and oxygen atoms in total. The second-order valence-corrected chi connectivity index (χ2v) is 7.09. The monoisotopic (exact) mass is 388 g/mol. The van der Waals surface area contributed by atoms with E-state index in [1.54, 1.807) is 13.8 Å². The molecule has 1 aliphatic rings. The number of nitrogens with two attached hydrogens (primary N) is 1. The van der Waals surface area contributed by atoms with Crippen molar-refractivity contribution >= 4 is 17.8 Å². The Morgan fingerprint density at radius 1 is 1.00 bits per heavy atom. The van der Waals surface area contributed by atoms with Crippen molar-refractivity contribution in [3.05, 3.63) is 82.0 Å². The maximum absolute atomic E-state index is 12.9. The smallest absolute Gasteiger partial charge is 0.340 e. The molecule has 0 bridgehead atoms. The predicted octanol–water partition coefficient (Wildman–Crippen LogP) is 3.95. The first-order valence-electron chi connectivity index (χ1n) is 9.25. The molecule has 3 aromatic rings. The van der Waals surface area contributed by atoms with Crippen LogP contribution in [0, 0.1) is 13.8 Å². The Hall–Kier alpha value is -3.67. The number of esters is 1. The van der Waals surface area contributed by atoms with Crippen molar-refractivity contribution in [3.63, 3.8) is 0 Å². The molecule has 6 heteroatoms. The van der Waals surface area contributed by atoms with Crippen LogP contribution in [0.5, 0.6) is 0 Å². The van der Waals surface area contributed by atoms with Gasteiger partial charge >= 0.3 is 11.9 Å². The lowest BCUT2D eigenvalue weighted by Gasteiger charge is -2.16. The molecule has 146 valence electrons. The predicted molar refractivity (Wildman–Crippen MR) is 109 cm³/mol. The van der Waals surface area contributed by atoms with Crippen LogP contribution in [0.25, 0.3) is 11.1 Å². The van der Waals surface area contributed by atoms with Gasteiger partial charge in [0.25, 0.3) is 0 Å². The van der Waals surface area contributed by atoms with E-state index >= 15 is 0 Å². The van der Waals surface area contributed by atoms with Gasteiger partial charge in [-0.1, -0.05) is 48.5 Å². The van der Waals surface area contributed by atoms with E-state index < -0.39 is 11.9 Å². The van der Waals surface area contributed by atoms with E-state index in [1.165, 1.54) is 0 Å². The second-order valence-electron chi connectivity index (χ2n) is 7.09. The first-order valence-corrected chi connectivity index (χ1v) is 9.25. The van der Waals surface area contributed by atoms with E-state index in [4.69, 9.17) is 10.5 Å². The van der Waals surface area contributed by atoms with Crippen molar-refractivity contribution in [2.45, 2.75) is 19.8 Å². The average molecular weight is 388 g/mol. The Morgan fingerprint density at radius 3 is 2.10 bits per heavy atom. The van der Waals surface area contributed by atoms with E-state index in [0.717, 1.165) is 22.3 Å². The van der Waals surface area contributed by atoms with Crippen LogP contribution >= 0.6 is 0 Å². The molecule has 1 heterocycles. The highest BCUT2D eigenvalue weighted by Gasteiger charge is 2.30. The fourth-order valence-electron chi connectivity index (χ4n) is 4.12. The third-order valence-electron chi connectivity index (χ3n) is 5.42. The number of carboxylic acids is 1. The number of hydrogen-bond acceptors (Lipinski definition) is 5. The molecule has 0 amide bonds. The lowest BCUT2D eigenvalue weighted by atomic mass is 9.98. The molecule has 0 spiro atoms. The number of carbonyl (C=O) groups excluding carboxylic acids is 1. The van der Waals surface area contributed by atoms with Crippen molar-refractivity contribution < 1.29 is 19.4 Å².